The van der Waals surface area contributed by atoms with Crippen LogP contribution >= 0.6 is 0 Å². The number of methoxy groups -OCH3 is 1. The number of rotatable bonds is 5. The number of anilines is 1. The van der Waals surface area contributed by atoms with Crippen LogP contribution in [0.3, 0.4) is 0 Å². The van der Waals surface area contributed by atoms with Crippen LogP contribution in [0.2, 0.25) is 0 Å². The van der Waals surface area contributed by atoms with E-state index in [9.17, 15) is 20.0 Å². The molecule has 1 aromatic carbocycles. The number of nitro groups is 1. The van der Waals surface area contributed by atoms with Gasteiger partial charge in [0.05, 0.1) is 31.3 Å². The van der Waals surface area contributed by atoms with Crippen LogP contribution in [-0.4, -0.2) is 49.4 Å². The van der Waals surface area contributed by atoms with Crippen molar-refractivity contribution in [1.82, 2.24) is 0 Å². The third-order valence-electron chi connectivity index (χ3n) is 3.63. The van der Waals surface area contributed by atoms with Crippen LogP contribution in [0.5, 0.6) is 5.75 Å². The Morgan fingerprint density at radius 3 is 2.81 bits per heavy atom. The SMILES string of the molecule is COc1cc(N(C)C2COCC2C(=O)O)ccc1[N+](=O)[O-]. The number of aliphatic carboxylic acids is 1. The average Bonchev–Trinajstić information content (AvgIpc) is 2.95. The molecule has 0 spiro atoms. The molecule has 8 nitrogen and oxygen atoms in total. The normalized spacial score (nSPS) is 21.0. The molecule has 8 heteroatoms. The highest BCUT2D eigenvalue weighted by molar-refractivity contribution is 5.73. The molecule has 1 aliphatic rings. The van der Waals surface area contributed by atoms with Crippen LogP contribution in [0, 0.1) is 16.0 Å². The van der Waals surface area contributed by atoms with Crippen LogP contribution < -0.4 is 9.64 Å². The number of hydrogen-bond acceptors (Lipinski definition) is 6. The highest BCUT2D eigenvalue weighted by Crippen LogP contribution is 2.33. The number of nitro benzene ring substituents is 1. The largest absolute Gasteiger partial charge is 0.490 e. The fourth-order valence-electron chi connectivity index (χ4n) is 2.39. The van der Waals surface area contributed by atoms with Gasteiger partial charge in [0.1, 0.15) is 5.92 Å². The lowest BCUT2D eigenvalue weighted by Crippen LogP contribution is -2.40. The highest BCUT2D eigenvalue weighted by atomic mass is 16.6. The number of nitrogens with zero attached hydrogens (tertiary/aromatic N) is 2. The second kappa shape index (κ2) is 5.96. The minimum absolute atomic E-state index is 0.132. The summed E-state index contributed by atoms with van der Waals surface area (Å²) in [5.41, 5.74) is 0.506. The van der Waals surface area contributed by atoms with Crippen LogP contribution in [0.15, 0.2) is 18.2 Å². The first kappa shape index (κ1) is 15.0. The fraction of sp³-hybridized carbons (Fsp3) is 0.462. The first-order chi connectivity index (χ1) is 9.95. The Labute approximate surface area is 121 Å². The minimum Gasteiger partial charge on any atom is -0.490 e. The maximum atomic E-state index is 11.2. The first-order valence-electron chi connectivity index (χ1n) is 6.31. The third-order valence-corrected chi connectivity index (χ3v) is 3.63. The fourth-order valence-corrected chi connectivity index (χ4v) is 2.39. The second-order valence-corrected chi connectivity index (χ2v) is 4.77. The summed E-state index contributed by atoms with van der Waals surface area (Å²) >= 11 is 0. The first-order valence-corrected chi connectivity index (χ1v) is 6.31. The van der Waals surface area contributed by atoms with E-state index in [0.717, 1.165) is 0 Å². The Morgan fingerprint density at radius 2 is 2.24 bits per heavy atom. The van der Waals surface area contributed by atoms with E-state index in [1.165, 1.54) is 19.2 Å². The van der Waals surface area contributed by atoms with Crippen molar-refractivity contribution < 1.29 is 24.3 Å². The number of hydrogen-bond donors (Lipinski definition) is 1. The van der Waals surface area contributed by atoms with Crippen molar-refractivity contribution in [1.29, 1.82) is 0 Å². The Morgan fingerprint density at radius 1 is 1.52 bits per heavy atom. The molecule has 0 radical (unpaired) electrons. The zero-order valence-electron chi connectivity index (χ0n) is 11.7. The van der Waals surface area contributed by atoms with Gasteiger partial charge in [-0.15, -0.1) is 0 Å². The smallest absolute Gasteiger partial charge is 0.311 e. The molecule has 0 amide bonds. The molecular weight excluding hydrogens is 280 g/mol. The molecule has 1 heterocycles. The van der Waals surface area contributed by atoms with Crippen molar-refractivity contribution in [3.8, 4) is 5.75 Å². The van der Waals surface area contributed by atoms with Gasteiger partial charge in [-0.25, -0.2) is 0 Å². The Balaban J connectivity index is 2.29. The van der Waals surface area contributed by atoms with Gasteiger partial charge in [-0.3, -0.25) is 14.9 Å². The highest BCUT2D eigenvalue weighted by Gasteiger charge is 2.37. The molecule has 1 fully saturated rings. The second-order valence-electron chi connectivity index (χ2n) is 4.77. The van der Waals surface area contributed by atoms with Crippen LogP contribution in [0.25, 0.3) is 0 Å². The molecule has 0 bridgehead atoms. The maximum absolute atomic E-state index is 11.2. The summed E-state index contributed by atoms with van der Waals surface area (Å²) in [5, 5.41) is 20.1. The summed E-state index contributed by atoms with van der Waals surface area (Å²) in [4.78, 5) is 23.3. The monoisotopic (exact) mass is 296 g/mol. The molecule has 0 aliphatic carbocycles. The zero-order valence-corrected chi connectivity index (χ0v) is 11.7. The van der Waals surface area contributed by atoms with E-state index in [2.05, 4.69) is 0 Å². The van der Waals surface area contributed by atoms with Crippen LogP contribution in [0.1, 0.15) is 0 Å². The zero-order chi connectivity index (χ0) is 15.6. The average molecular weight is 296 g/mol. The molecule has 0 saturated carbocycles. The molecule has 2 rings (SSSR count). The van der Waals surface area contributed by atoms with E-state index in [0.29, 0.717) is 12.3 Å². The van der Waals surface area contributed by atoms with Gasteiger partial charge >= 0.3 is 11.7 Å². The molecule has 2 unspecified atom stereocenters. The quantitative estimate of drug-likeness (QED) is 0.642. The van der Waals surface area contributed by atoms with Crippen molar-refractivity contribution >= 4 is 17.3 Å². The molecule has 1 aliphatic heterocycles. The summed E-state index contributed by atoms with van der Waals surface area (Å²) in [7, 11) is 3.08. The lowest BCUT2D eigenvalue weighted by molar-refractivity contribution is -0.385. The van der Waals surface area contributed by atoms with Crippen molar-refractivity contribution in [3.05, 3.63) is 28.3 Å². The van der Waals surface area contributed by atoms with Crippen molar-refractivity contribution in [2.45, 2.75) is 6.04 Å². The molecule has 1 N–H and O–H groups in total. The lowest BCUT2D eigenvalue weighted by Gasteiger charge is -2.28. The summed E-state index contributed by atoms with van der Waals surface area (Å²) in [6, 6.07) is 4.11. The molecule has 2 atom stereocenters. The van der Waals surface area contributed by atoms with E-state index in [-0.39, 0.29) is 24.1 Å². The predicted octanol–water partition coefficient (Wildman–Crippen LogP) is 1.14. The minimum atomic E-state index is -0.918. The summed E-state index contributed by atoms with van der Waals surface area (Å²) in [5.74, 6) is -1.41. The summed E-state index contributed by atoms with van der Waals surface area (Å²) in [6.07, 6.45) is 0. The van der Waals surface area contributed by atoms with Crippen molar-refractivity contribution in [2.24, 2.45) is 5.92 Å². The van der Waals surface area contributed by atoms with Gasteiger partial charge in [0.25, 0.3) is 0 Å². The van der Waals surface area contributed by atoms with E-state index in [1.807, 2.05) is 0 Å². The van der Waals surface area contributed by atoms with E-state index >= 15 is 0 Å². The van der Waals surface area contributed by atoms with Gasteiger partial charge in [-0.05, 0) is 6.07 Å². The van der Waals surface area contributed by atoms with Gasteiger partial charge in [0.15, 0.2) is 5.75 Å². The van der Waals surface area contributed by atoms with Crippen LogP contribution in [0.4, 0.5) is 11.4 Å². The predicted molar refractivity (Wildman–Crippen MR) is 73.8 cm³/mol. The molecule has 1 saturated heterocycles. The van der Waals surface area contributed by atoms with E-state index < -0.39 is 16.8 Å². The third kappa shape index (κ3) is 2.89. The Kier molecular flexibility index (Phi) is 4.27. The number of likely N-dealkylation sites (N-methyl/N-ethyl adjacent to an activating group) is 1. The van der Waals surface area contributed by atoms with E-state index in [4.69, 9.17) is 9.47 Å². The van der Waals surface area contributed by atoms with Gasteiger partial charge in [0, 0.05) is 24.9 Å². The lowest BCUT2D eigenvalue weighted by atomic mass is 10.0. The standard InChI is InChI=1S/C13H16N2O6/c1-14(11-7-21-6-9(11)13(16)17)8-3-4-10(15(18)19)12(5-8)20-2/h3-5,9,11H,6-7H2,1-2H3,(H,16,17). The summed E-state index contributed by atoms with van der Waals surface area (Å²) < 4.78 is 10.2. The Bertz CT molecular complexity index is 562. The van der Waals surface area contributed by atoms with Crippen LogP contribution in [-0.2, 0) is 9.53 Å². The number of ether oxygens (including phenoxy) is 2. The number of benzene rings is 1. The van der Waals surface area contributed by atoms with Gasteiger partial charge in [-0.1, -0.05) is 0 Å². The number of carboxylic acids is 1. The van der Waals surface area contributed by atoms with Gasteiger partial charge in [-0.2, -0.15) is 0 Å². The summed E-state index contributed by atoms with van der Waals surface area (Å²) in [6.45, 7) is 0.460. The topological polar surface area (TPSA) is 102 Å². The molecule has 114 valence electrons. The molecular formula is C13H16N2O6. The van der Waals surface area contributed by atoms with Gasteiger partial charge in [0.2, 0.25) is 0 Å². The molecule has 21 heavy (non-hydrogen) atoms. The molecule has 0 aromatic heterocycles. The maximum Gasteiger partial charge on any atom is 0.311 e. The molecule has 1 aromatic rings. The van der Waals surface area contributed by atoms with E-state index in [1.54, 1.807) is 18.0 Å². The number of carboxylic acid groups (broad SMARTS) is 1. The van der Waals surface area contributed by atoms with Crippen molar-refractivity contribution in [3.63, 3.8) is 0 Å². The van der Waals surface area contributed by atoms with Gasteiger partial charge < -0.3 is 19.5 Å². The number of carbonyl (C=O) groups is 1. The Hall–Kier alpha value is -2.35. The van der Waals surface area contributed by atoms with Crippen molar-refractivity contribution in [2.75, 3.05) is 32.3 Å².